The first-order valence-electron chi connectivity index (χ1n) is 11.9. The largest absolute Gasteiger partial charge is 0.491 e. The molecule has 8 heteroatoms. The lowest BCUT2D eigenvalue weighted by atomic mass is 9.93. The van der Waals surface area contributed by atoms with Crippen LogP contribution < -0.4 is 4.74 Å². The summed E-state index contributed by atoms with van der Waals surface area (Å²) in [6, 6.07) is 12.7. The Labute approximate surface area is 212 Å². The number of carboxylic acid groups (broad SMARTS) is 1. The Kier molecular flexibility index (Phi) is 10.7. The minimum Gasteiger partial charge on any atom is -0.491 e. The molecule has 2 unspecified atom stereocenters. The highest BCUT2D eigenvalue weighted by Crippen LogP contribution is 2.31. The van der Waals surface area contributed by atoms with Crippen molar-refractivity contribution in [2.24, 2.45) is 5.92 Å². The predicted octanol–water partition coefficient (Wildman–Crippen LogP) is 5.10. The Bertz CT molecular complexity index is 1010. The van der Waals surface area contributed by atoms with E-state index in [2.05, 4.69) is 0 Å². The van der Waals surface area contributed by atoms with Crippen LogP contribution in [0.5, 0.6) is 5.75 Å². The first kappa shape index (κ1) is 28.3. The maximum atomic E-state index is 11.8. The van der Waals surface area contributed by atoms with Gasteiger partial charge in [0, 0.05) is 30.5 Å². The van der Waals surface area contributed by atoms with E-state index in [4.69, 9.17) is 16.3 Å². The molecule has 190 valence electrons. The number of aliphatic carboxylic acids is 1. The van der Waals surface area contributed by atoms with Crippen LogP contribution in [0.25, 0.3) is 0 Å². The smallest absolute Gasteiger partial charge is 0.308 e. The second-order valence-electron chi connectivity index (χ2n) is 8.43. The van der Waals surface area contributed by atoms with Crippen molar-refractivity contribution >= 4 is 29.4 Å². The molecule has 2 aromatic rings. The Morgan fingerprint density at radius 1 is 1.11 bits per heavy atom. The zero-order valence-electron chi connectivity index (χ0n) is 21.1. The zero-order valence-corrected chi connectivity index (χ0v) is 21.8. The van der Waals surface area contributed by atoms with Gasteiger partial charge in [-0.25, -0.2) is 0 Å². The number of amides is 2. The molecule has 3 rings (SSSR count). The number of ether oxygens (including phenoxy) is 1. The van der Waals surface area contributed by atoms with Crippen molar-refractivity contribution < 1.29 is 24.2 Å². The highest BCUT2D eigenvalue weighted by Gasteiger charge is 2.29. The number of benzene rings is 2. The molecule has 2 atom stereocenters. The molecule has 1 fully saturated rings. The summed E-state index contributed by atoms with van der Waals surface area (Å²) in [6.45, 7) is 8.67. The van der Waals surface area contributed by atoms with Crippen LogP contribution in [0.2, 0.25) is 5.02 Å². The van der Waals surface area contributed by atoms with Crippen LogP contribution in [-0.4, -0.2) is 52.9 Å². The molecule has 0 radical (unpaired) electrons. The minimum atomic E-state index is -0.864. The van der Waals surface area contributed by atoms with Crippen molar-refractivity contribution in [1.29, 1.82) is 0 Å². The van der Waals surface area contributed by atoms with E-state index in [-0.39, 0.29) is 43.8 Å². The van der Waals surface area contributed by atoms with E-state index in [9.17, 15) is 19.5 Å². The number of carbonyl (C=O) groups excluding carboxylic acids is 2. The van der Waals surface area contributed by atoms with Crippen LogP contribution in [0.4, 0.5) is 0 Å². The van der Waals surface area contributed by atoms with Crippen LogP contribution in [0, 0.1) is 12.8 Å². The van der Waals surface area contributed by atoms with Gasteiger partial charge < -0.3 is 9.84 Å². The van der Waals surface area contributed by atoms with Crippen LogP contribution in [0.3, 0.4) is 0 Å². The number of rotatable bonds is 10. The van der Waals surface area contributed by atoms with Crippen molar-refractivity contribution in [3.05, 3.63) is 64.2 Å². The predicted molar refractivity (Wildman–Crippen MR) is 136 cm³/mol. The van der Waals surface area contributed by atoms with Gasteiger partial charge in [0.2, 0.25) is 11.8 Å². The highest BCUT2D eigenvalue weighted by molar-refractivity contribution is 6.30. The van der Waals surface area contributed by atoms with Gasteiger partial charge in [-0.05, 0) is 48.9 Å². The quantitative estimate of drug-likeness (QED) is 0.455. The molecule has 1 aliphatic heterocycles. The summed E-state index contributed by atoms with van der Waals surface area (Å²) in [7, 11) is 1.91. The number of hydrogen-bond acceptors (Lipinski definition) is 5. The third-order valence-electron chi connectivity index (χ3n) is 5.95. The summed E-state index contributed by atoms with van der Waals surface area (Å²) >= 11 is 6.01. The number of nitrogens with zero attached hydrogens (tertiary/aromatic N) is 2. The highest BCUT2D eigenvalue weighted by atomic mass is 35.5. The Balaban J connectivity index is 0.00000210. The van der Waals surface area contributed by atoms with Crippen LogP contribution in [0.15, 0.2) is 42.5 Å². The number of halogens is 1. The SMILES string of the molecule is CC.Cc1cc(CN(C)C(c2ccc(Cl)cc2)C(C)C(=O)O)ccc1OCCN1C(=O)CCC1=O. The lowest BCUT2D eigenvalue weighted by molar-refractivity contribution is -0.143. The number of likely N-dealkylation sites (tertiary alicyclic amines) is 1. The number of aryl methyl sites for hydroxylation is 1. The number of imide groups is 1. The maximum absolute atomic E-state index is 11.8. The van der Waals surface area contributed by atoms with E-state index in [0.29, 0.717) is 17.3 Å². The van der Waals surface area contributed by atoms with E-state index >= 15 is 0 Å². The van der Waals surface area contributed by atoms with E-state index in [1.165, 1.54) is 4.90 Å². The van der Waals surface area contributed by atoms with Crippen molar-refractivity contribution in [3.8, 4) is 5.75 Å². The van der Waals surface area contributed by atoms with Gasteiger partial charge in [0.1, 0.15) is 12.4 Å². The van der Waals surface area contributed by atoms with Gasteiger partial charge in [-0.15, -0.1) is 0 Å². The summed E-state index contributed by atoms with van der Waals surface area (Å²) in [4.78, 5) is 38.4. The summed E-state index contributed by atoms with van der Waals surface area (Å²) in [5, 5.41) is 10.2. The zero-order chi connectivity index (χ0) is 26.1. The topological polar surface area (TPSA) is 87.2 Å². The molecule has 0 saturated carbocycles. The first-order chi connectivity index (χ1) is 16.7. The van der Waals surface area contributed by atoms with Crippen LogP contribution in [-0.2, 0) is 20.9 Å². The summed E-state index contributed by atoms with van der Waals surface area (Å²) in [5.74, 6) is -1.09. The molecule has 0 aromatic heterocycles. The normalized spacial score (nSPS) is 15.0. The maximum Gasteiger partial charge on any atom is 0.308 e. The summed E-state index contributed by atoms with van der Waals surface area (Å²) < 4.78 is 5.80. The molecule has 7 nitrogen and oxygen atoms in total. The number of carboxylic acids is 1. The Morgan fingerprint density at radius 3 is 2.26 bits per heavy atom. The Morgan fingerprint density at radius 2 is 1.71 bits per heavy atom. The van der Waals surface area contributed by atoms with Crippen molar-refractivity contribution in [3.63, 3.8) is 0 Å². The molecule has 2 amide bonds. The fourth-order valence-electron chi connectivity index (χ4n) is 4.20. The lowest BCUT2D eigenvalue weighted by Crippen LogP contribution is -2.33. The van der Waals surface area contributed by atoms with E-state index in [1.54, 1.807) is 19.1 Å². The van der Waals surface area contributed by atoms with E-state index in [0.717, 1.165) is 16.7 Å². The van der Waals surface area contributed by atoms with Crippen molar-refractivity contribution in [2.45, 2.75) is 53.1 Å². The van der Waals surface area contributed by atoms with Gasteiger partial charge in [0.25, 0.3) is 0 Å². The molecule has 2 aromatic carbocycles. The Hall–Kier alpha value is -2.90. The first-order valence-corrected chi connectivity index (χ1v) is 12.3. The van der Waals surface area contributed by atoms with Gasteiger partial charge in [0.15, 0.2) is 0 Å². The minimum absolute atomic E-state index is 0.149. The third-order valence-corrected chi connectivity index (χ3v) is 6.20. The van der Waals surface area contributed by atoms with Gasteiger partial charge in [-0.2, -0.15) is 0 Å². The average molecular weight is 503 g/mol. The van der Waals surface area contributed by atoms with Gasteiger partial charge in [-0.3, -0.25) is 24.2 Å². The monoisotopic (exact) mass is 502 g/mol. The van der Waals surface area contributed by atoms with Crippen LogP contribution in [0.1, 0.15) is 56.3 Å². The average Bonchev–Trinajstić information content (AvgIpc) is 3.15. The molecular weight excluding hydrogens is 468 g/mol. The fraction of sp³-hybridized carbons (Fsp3) is 0.444. The van der Waals surface area contributed by atoms with E-state index < -0.39 is 11.9 Å². The van der Waals surface area contributed by atoms with Gasteiger partial charge in [0.05, 0.1) is 12.5 Å². The summed E-state index contributed by atoms with van der Waals surface area (Å²) in [5.41, 5.74) is 2.83. The van der Waals surface area contributed by atoms with Crippen molar-refractivity contribution in [2.75, 3.05) is 20.2 Å². The second-order valence-corrected chi connectivity index (χ2v) is 8.86. The second kappa shape index (κ2) is 13.3. The molecule has 1 heterocycles. The third kappa shape index (κ3) is 7.54. The van der Waals surface area contributed by atoms with Crippen molar-refractivity contribution in [1.82, 2.24) is 9.80 Å². The molecule has 0 bridgehead atoms. The van der Waals surface area contributed by atoms with E-state index in [1.807, 2.05) is 63.1 Å². The fourth-order valence-corrected chi connectivity index (χ4v) is 4.32. The number of carbonyl (C=O) groups is 3. The molecule has 0 aliphatic carbocycles. The molecule has 1 N–H and O–H groups in total. The van der Waals surface area contributed by atoms with Crippen LogP contribution >= 0.6 is 11.6 Å². The summed E-state index contributed by atoms with van der Waals surface area (Å²) in [6.07, 6.45) is 0.551. The standard InChI is InChI=1S/C25H29ClN2O5.C2H6/c1-16-14-18(4-9-21(16)33-13-12-28-22(29)10-11-23(28)30)15-27(3)24(17(2)25(31)32)19-5-7-20(26)8-6-19;1-2/h4-9,14,17,24H,10-13,15H2,1-3H3,(H,31,32);1-2H3. The lowest BCUT2D eigenvalue weighted by Gasteiger charge is -2.31. The van der Waals surface area contributed by atoms with Gasteiger partial charge in [-0.1, -0.05) is 56.6 Å². The molecule has 1 saturated heterocycles. The molecule has 35 heavy (non-hydrogen) atoms. The molecule has 0 spiro atoms. The van der Waals surface area contributed by atoms with Gasteiger partial charge >= 0.3 is 5.97 Å². The molecular formula is C27H35ClN2O5. The molecule has 1 aliphatic rings. The number of hydrogen-bond donors (Lipinski definition) is 1.